The topological polar surface area (TPSA) is 95.1 Å². The van der Waals surface area contributed by atoms with E-state index in [0.717, 1.165) is 11.1 Å². The first-order valence-electron chi connectivity index (χ1n) is 12.5. The van der Waals surface area contributed by atoms with Gasteiger partial charge in [-0.25, -0.2) is 21.1 Å². The highest BCUT2D eigenvalue weighted by molar-refractivity contribution is 7.89. The van der Waals surface area contributed by atoms with Crippen molar-refractivity contribution in [2.75, 3.05) is 45.0 Å². The molecule has 0 spiro atoms. The van der Waals surface area contributed by atoms with E-state index in [0.29, 0.717) is 45.3 Å². The van der Waals surface area contributed by atoms with Crippen molar-refractivity contribution in [3.05, 3.63) is 65.7 Å². The normalized spacial score (nSPS) is 20.4. The Balaban J connectivity index is 1.30. The molecule has 2 aliphatic rings. The summed E-state index contributed by atoms with van der Waals surface area (Å²) in [6, 6.07) is 16.6. The van der Waals surface area contributed by atoms with Crippen LogP contribution >= 0.6 is 0 Å². The van der Waals surface area contributed by atoms with Crippen molar-refractivity contribution in [1.29, 1.82) is 0 Å². The summed E-state index contributed by atoms with van der Waals surface area (Å²) >= 11 is 0. The van der Waals surface area contributed by atoms with Gasteiger partial charge in [0.15, 0.2) is 0 Å². The van der Waals surface area contributed by atoms with Gasteiger partial charge in [0.25, 0.3) is 0 Å². The molecule has 2 aromatic carbocycles. The molecule has 2 heterocycles. The summed E-state index contributed by atoms with van der Waals surface area (Å²) in [6.45, 7) is 3.64. The van der Waals surface area contributed by atoms with E-state index in [1.807, 2.05) is 37.3 Å². The molecular formula is C26H35N3O5S2. The third kappa shape index (κ3) is 6.34. The molecule has 0 saturated carbocycles. The molecule has 4 rings (SSSR count). The predicted molar refractivity (Wildman–Crippen MR) is 139 cm³/mol. The van der Waals surface area contributed by atoms with Gasteiger partial charge >= 0.3 is 0 Å². The molecule has 0 unspecified atom stereocenters. The minimum absolute atomic E-state index is 0.0678. The third-order valence-electron chi connectivity index (χ3n) is 7.05. The molecule has 2 fully saturated rings. The summed E-state index contributed by atoms with van der Waals surface area (Å²) < 4.78 is 54.7. The highest BCUT2D eigenvalue weighted by atomic mass is 32.2. The maximum atomic E-state index is 13.2. The summed E-state index contributed by atoms with van der Waals surface area (Å²) in [4.78, 5) is 15.2. The Morgan fingerprint density at radius 2 is 1.53 bits per heavy atom. The monoisotopic (exact) mass is 533 g/mol. The van der Waals surface area contributed by atoms with Crippen LogP contribution in [0.5, 0.6) is 0 Å². The molecule has 2 aromatic rings. The second-order valence-electron chi connectivity index (χ2n) is 9.64. The number of sulfonamides is 2. The highest BCUT2D eigenvalue weighted by Crippen LogP contribution is 2.24. The number of amides is 1. The van der Waals surface area contributed by atoms with Crippen LogP contribution in [0.1, 0.15) is 30.4 Å². The van der Waals surface area contributed by atoms with Crippen LogP contribution in [0.4, 0.5) is 0 Å². The van der Waals surface area contributed by atoms with Gasteiger partial charge in [0.1, 0.15) is 0 Å². The molecule has 10 heteroatoms. The van der Waals surface area contributed by atoms with Gasteiger partial charge in [-0.05, 0) is 50.3 Å². The molecule has 0 N–H and O–H groups in total. The van der Waals surface area contributed by atoms with Gasteiger partial charge < -0.3 is 4.90 Å². The number of benzene rings is 2. The number of aryl methyl sites for hydroxylation is 2. The SMILES string of the molecule is Cc1ccc(S(=O)(=O)N2CCN(C(=O)[C@@H]3CCCN(S(=O)(=O)CCCc4ccccc4)C3)CC2)cc1. The molecule has 196 valence electrons. The second-order valence-corrected chi connectivity index (χ2v) is 13.7. The number of piperidine rings is 1. The van der Waals surface area contributed by atoms with Crippen molar-refractivity contribution in [1.82, 2.24) is 13.5 Å². The lowest BCUT2D eigenvalue weighted by Crippen LogP contribution is -2.54. The molecule has 0 radical (unpaired) electrons. The summed E-state index contributed by atoms with van der Waals surface area (Å²) in [6.07, 6.45) is 2.54. The first-order valence-corrected chi connectivity index (χ1v) is 15.6. The number of carbonyl (C=O) groups is 1. The van der Waals surface area contributed by atoms with Crippen LogP contribution in [0.2, 0.25) is 0 Å². The summed E-state index contributed by atoms with van der Waals surface area (Å²) in [5.74, 6) is -0.396. The molecular weight excluding hydrogens is 498 g/mol. The van der Waals surface area contributed by atoms with E-state index in [9.17, 15) is 21.6 Å². The zero-order valence-corrected chi connectivity index (χ0v) is 22.4. The largest absolute Gasteiger partial charge is 0.340 e. The fourth-order valence-corrected chi connectivity index (χ4v) is 7.90. The molecule has 1 atom stereocenters. The summed E-state index contributed by atoms with van der Waals surface area (Å²) in [5.41, 5.74) is 2.10. The van der Waals surface area contributed by atoms with Crippen LogP contribution in [0, 0.1) is 12.8 Å². The number of nitrogens with zero attached hydrogens (tertiary/aromatic N) is 3. The van der Waals surface area contributed by atoms with E-state index in [-0.39, 0.29) is 42.1 Å². The minimum atomic E-state index is -3.60. The van der Waals surface area contributed by atoms with Crippen LogP contribution in [0.15, 0.2) is 59.5 Å². The van der Waals surface area contributed by atoms with Crippen molar-refractivity contribution in [3.8, 4) is 0 Å². The predicted octanol–water partition coefficient (Wildman–Crippen LogP) is 2.50. The van der Waals surface area contributed by atoms with Crippen molar-refractivity contribution < 1.29 is 21.6 Å². The minimum Gasteiger partial charge on any atom is -0.340 e. The quantitative estimate of drug-likeness (QED) is 0.520. The Labute approximate surface area is 215 Å². The summed E-state index contributed by atoms with van der Waals surface area (Å²) in [7, 11) is -7.04. The van der Waals surface area contributed by atoms with Gasteiger partial charge in [-0.3, -0.25) is 4.79 Å². The molecule has 2 aliphatic heterocycles. The Kier molecular flexibility index (Phi) is 8.49. The average Bonchev–Trinajstić information content (AvgIpc) is 2.89. The van der Waals surface area contributed by atoms with Gasteiger partial charge in [-0.1, -0.05) is 48.0 Å². The van der Waals surface area contributed by atoms with Gasteiger partial charge in [0.2, 0.25) is 26.0 Å². The van der Waals surface area contributed by atoms with Crippen LogP contribution in [-0.4, -0.2) is 81.3 Å². The maximum absolute atomic E-state index is 13.2. The lowest BCUT2D eigenvalue weighted by molar-refractivity contribution is -0.137. The smallest absolute Gasteiger partial charge is 0.243 e. The van der Waals surface area contributed by atoms with Gasteiger partial charge in [0, 0.05) is 39.3 Å². The fourth-order valence-electron chi connectivity index (χ4n) is 4.90. The van der Waals surface area contributed by atoms with Crippen LogP contribution in [0.3, 0.4) is 0 Å². The summed E-state index contributed by atoms with van der Waals surface area (Å²) in [5, 5.41) is 0. The van der Waals surface area contributed by atoms with E-state index < -0.39 is 20.0 Å². The Morgan fingerprint density at radius 1 is 0.861 bits per heavy atom. The van der Waals surface area contributed by atoms with Crippen LogP contribution in [0.25, 0.3) is 0 Å². The van der Waals surface area contributed by atoms with E-state index in [4.69, 9.17) is 0 Å². The van der Waals surface area contributed by atoms with Crippen LogP contribution in [-0.2, 0) is 31.3 Å². The number of rotatable bonds is 8. The van der Waals surface area contributed by atoms with Crippen LogP contribution < -0.4 is 0 Å². The molecule has 8 nitrogen and oxygen atoms in total. The number of hydrogen-bond acceptors (Lipinski definition) is 5. The van der Waals surface area contributed by atoms with Crippen molar-refractivity contribution in [2.24, 2.45) is 5.92 Å². The van der Waals surface area contributed by atoms with Gasteiger partial charge in [-0.2, -0.15) is 4.31 Å². The van der Waals surface area contributed by atoms with Gasteiger partial charge in [-0.15, -0.1) is 0 Å². The first kappa shape index (κ1) is 26.8. The van der Waals surface area contributed by atoms with E-state index in [1.165, 1.54) is 8.61 Å². The zero-order chi connectivity index (χ0) is 25.8. The molecule has 0 bridgehead atoms. The Bertz CT molecular complexity index is 1240. The standard InChI is InChI=1S/C26H35N3O5S2/c1-22-11-13-25(14-12-22)36(33,34)28-18-16-27(17-19-28)26(30)24-10-5-15-29(21-24)35(31,32)20-6-9-23-7-3-2-4-8-23/h2-4,7-8,11-14,24H,5-6,9-10,15-21H2,1H3/t24-/m1/s1. The van der Waals surface area contributed by atoms with Crippen molar-refractivity contribution >= 4 is 26.0 Å². The third-order valence-corrected chi connectivity index (χ3v) is 10.9. The lowest BCUT2D eigenvalue weighted by Gasteiger charge is -2.38. The highest BCUT2D eigenvalue weighted by Gasteiger charge is 2.36. The van der Waals surface area contributed by atoms with Gasteiger partial charge in [0.05, 0.1) is 16.6 Å². The second kappa shape index (κ2) is 11.4. The zero-order valence-electron chi connectivity index (χ0n) is 20.8. The van der Waals surface area contributed by atoms with E-state index in [1.54, 1.807) is 29.2 Å². The Morgan fingerprint density at radius 3 is 2.19 bits per heavy atom. The lowest BCUT2D eigenvalue weighted by atomic mass is 9.98. The molecule has 0 aliphatic carbocycles. The molecule has 2 saturated heterocycles. The molecule has 0 aromatic heterocycles. The first-order chi connectivity index (χ1) is 17.2. The van der Waals surface area contributed by atoms with Crippen molar-refractivity contribution in [2.45, 2.75) is 37.5 Å². The number of piperazine rings is 1. The van der Waals surface area contributed by atoms with E-state index >= 15 is 0 Å². The maximum Gasteiger partial charge on any atom is 0.243 e. The fraction of sp³-hybridized carbons (Fsp3) is 0.500. The molecule has 1 amide bonds. The number of hydrogen-bond donors (Lipinski definition) is 0. The average molecular weight is 534 g/mol. The molecule has 36 heavy (non-hydrogen) atoms. The number of carbonyl (C=O) groups excluding carboxylic acids is 1. The van der Waals surface area contributed by atoms with Crippen molar-refractivity contribution in [3.63, 3.8) is 0 Å². The Hall–Kier alpha value is -2.27. The van der Waals surface area contributed by atoms with E-state index in [2.05, 4.69) is 0 Å².